The van der Waals surface area contributed by atoms with E-state index >= 15 is 0 Å². The summed E-state index contributed by atoms with van der Waals surface area (Å²) < 4.78 is 25.8. The highest BCUT2D eigenvalue weighted by molar-refractivity contribution is 7.21. The van der Waals surface area contributed by atoms with E-state index in [2.05, 4.69) is 20.4 Å². The van der Waals surface area contributed by atoms with E-state index in [-0.39, 0.29) is 24.2 Å². The molecule has 4 aromatic rings. The molecule has 0 saturated heterocycles. The number of nitrogens with one attached hydrogen (secondary N) is 1. The fourth-order valence-corrected chi connectivity index (χ4v) is 4.45. The van der Waals surface area contributed by atoms with Crippen molar-refractivity contribution in [2.45, 2.75) is 26.5 Å². The standard InChI is InChI=1S/C22H21FN4O3S/c1-12(2)18(22-26-20(27-30-22)13-6-5-9-24-10-13)25-21(28)19-14(11-29-3)17-15(23)7-4-8-16(17)31-19/h4-10,12,18H,11H2,1-3H3,(H,25,28). The van der Waals surface area contributed by atoms with Crippen molar-refractivity contribution in [1.29, 1.82) is 0 Å². The Hall–Kier alpha value is -3.17. The highest BCUT2D eigenvalue weighted by Crippen LogP contribution is 2.34. The number of hydrogen-bond acceptors (Lipinski definition) is 7. The van der Waals surface area contributed by atoms with Crippen molar-refractivity contribution in [3.8, 4) is 11.4 Å². The van der Waals surface area contributed by atoms with Gasteiger partial charge in [-0.05, 0) is 30.2 Å². The number of ether oxygens (including phenoxy) is 1. The SMILES string of the molecule is COCc1c(C(=O)NC(c2nc(-c3cccnc3)no2)C(C)C)sc2cccc(F)c12. The maximum absolute atomic E-state index is 14.4. The first-order valence-electron chi connectivity index (χ1n) is 9.73. The molecule has 3 heterocycles. The summed E-state index contributed by atoms with van der Waals surface area (Å²) in [5.41, 5.74) is 1.25. The maximum atomic E-state index is 14.4. The molecule has 3 aromatic heterocycles. The number of nitrogens with zero attached hydrogens (tertiary/aromatic N) is 3. The van der Waals surface area contributed by atoms with Gasteiger partial charge in [0.1, 0.15) is 11.9 Å². The fraction of sp³-hybridized carbons (Fsp3) is 0.273. The molecule has 4 rings (SSSR count). The smallest absolute Gasteiger partial charge is 0.262 e. The third-order valence-corrected chi connectivity index (χ3v) is 6.03. The number of rotatable bonds is 7. The Balaban J connectivity index is 1.65. The molecule has 0 fully saturated rings. The molecule has 1 aromatic carbocycles. The maximum Gasteiger partial charge on any atom is 0.262 e. The van der Waals surface area contributed by atoms with Crippen molar-refractivity contribution in [3.63, 3.8) is 0 Å². The molecule has 0 radical (unpaired) electrons. The number of carbonyl (C=O) groups excluding carboxylic acids is 1. The number of thiophene rings is 1. The van der Waals surface area contributed by atoms with Crippen molar-refractivity contribution < 1.29 is 18.4 Å². The Morgan fingerprint density at radius 2 is 2.13 bits per heavy atom. The largest absolute Gasteiger partial charge is 0.380 e. The lowest BCUT2D eigenvalue weighted by atomic mass is 10.0. The summed E-state index contributed by atoms with van der Waals surface area (Å²) >= 11 is 1.23. The second kappa shape index (κ2) is 8.91. The summed E-state index contributed by atoms with van der Waals surface area (Å²) in [4.78, 5) is 22.1. The van der Waals surface area contributed by atoms with E-state index in [1.54, 1.807) is 30.6 Å². The molecule has 1 unspecified atom stereocenters. The van der Waals surface area contributed by atoms with Gasteiger partial charge in [0, 0.05) is 40.7 Å². The topological polar surface area (TPSA) is 90.1 Å². The molecular weight excluding hydrogens is 419 g/mol. The zero-order chi connectivity index (χ0) is 22.0. The minimum atomic E-state index is -0.518. The van der Waals surface area contributed by atoms with E-state index in [0.717, 1.165) is 0 Å². The van der Waals surface area contributed by atoms with Gasteiger partial charge in [0.05, 0.1) is 11.5 Å². The quantitative estimate of drug-likeness (QED) is 0.446. The van der Waals surface area contributed by atoms with Crippen molar-refractivity contribution in [2.75, 3.05) is 7.11 Å². The molecule has 1 N–H and O–H groups in total. The van der Waals surface area contributed by atoms with Crippen LogP contribution in [0.1, 0.15) is 41.0 Å². The Morgan fingerprint density at radius 1 is 1.29 bits per heavy atom. The lowest BCUT2D eigenvalue weighted by Crippen LogP contribution is -2.32. The van der Waals surface area contributed by atoms with Crippen LogP contribution in [0.25, 0.3) is 21.5 Å². The van der Waals surface area contributed by atoms with E-state index in [1.807, 2.05) is 19.9 Å². The number of benzene rings is 1. The molecule has 0 aliphatic heterocycles. The third-order valence-electron chi connectivity index (χ3n) is 4.84. The van der Waals surface area contributed by atoms with Gasteiger partial charge < -0.3 is 14.6 Å². The second-order valence-corrected chi connectivity index (χ2v) is 8.40. The molecule has 0 bridgehead atoms. The molecule has 1 amide bonds. The van der Waals surface area contributed by atoms with Gasteiger partial charge in [0.25, 0.3) is 5.91 Å². The summed E-state index contributed by atoms with van der Waals surface area (Å²) in [7, 11) is 1.52. The van der Waals surface area contributed by atoms with Crippen LogP contribution in [0.15, 0.2) is 47.2 Å². The average Bonchev–Trinajstić information content (AvgIpc) is 3.39. The van der Waals surface area contributed by atoms with Crippen LogP contribution in [0, 0.1) is 11.7 Å². The van der Waals surface area contributed by atoms with Crippen LogP contribution in [0.4, 0.5) is 4.39 Å². The summed E-state index contributed by atoms with van der Waals surface area (Å²) in [5.74, 6) is -0.0521. The van der Waals surface area contributed by atoms with Gasteiger partial charge >= 0.3 is 0 Å². The number of pyridine rings is 1. The van der Waals surface area contributed by atoms with Crippen LogP contribution in [-0.4, -0.2) is 28.1 Å². The van der Waals surface area contributed by atoms with Crippen LogP contribution >= 0.6 is 11.3 Å². The molecule has 0 aliphatic rings. The number of amides is 1. The lowest BCUT2D eigenvalue weighted by Gasteiger charge is -2.18. The fourth-order valence-electron chi connectivity index (χ4n) is 3.33. The molecule has 9 heteroatoms. The van der Waals surface area contributed by atoms with Crippen molar-refractivity contribution in [2.24, 2.45) is 5.92 Å². The molecule has 160 valence electrons. The van der Waals surface area contributed by atoms with Crippen molar-refractivity contribution >= 4 is 27.3 Å². The van der Waals surface area contributed by atoms with Crippen LogP contribution in [0.5, 0.6) is 0 Å². The normalized spacial score (nSPS) is 12.4. The van der Waals surface area contributed by atoms with Gasteiger partial charge in [-0.1, -0.05) is 25.1 Å². The summed E-state index contributed by atoms with van der Waals surface area (Å²) in [6.07, 6.45) is 3.30. The van der Waals surface area contributed by atoms with Gasteiger partial charge in [0.15, 0.2) is 0 Å². The zero-order valence-corrected chi connectivity index (χ0v) is 18.1. The first kappa shape index (κ1) is 21.1. The molecule has 1 atom stereocenters. The van der Waals surface area contributed by atoms with Gasteiger partial charge in [0.2, 0.25) is 11.7 Å². The molecule has 0 spiro atoms. The number of hydrogen-bond donors (Lipinski definition) is 1. The predicted octanol–water partition coefficient (Wildman–Crippen LogP) is 4.76. The molecule has 0 aliphatic carbocycles. The number of carbonyl (C=O) groups is 1. The number of methoxy groups -OCH3 is 1. The van der Waals surface area contributed by atoms with Crippen LogP contribution in [0.2, 0.25) is 0 Å². The first-order valence-corrected chi connectivity index (χ1v) is 10.5. The number of halogens is 1. The third kappa shape index (κ3) is 4.19. The predicted molar refractivity (Wildman–Crippen MR) is 115 cm³/mol. The Kier molecular flexibility index (Phi) is 6.06. The monoisotopic (exact) mass is 440 g/mol. The summed E-state index contributed by atoms with van der Waals surface area (Å²) in [6, 6.07) is 7.89. The van der Waals surface area contributed by atoms with E-state index < -0.39 is 6.04 Å². The van der Waals surface area contributed by atoms with Gasteiger partial charge in [-0.3, -0.25) is 9.78 Å². The average molecular weight is 441 g/mol. The van der Waals surface area contributed by atoms with Crippen LogP contribution in [0.3, 0.4) is 0 Å². The molecule has 7 nitrogen and oxygen atoms in total. The molecule has 31 heavy (non-hydrogen) atoms. The highest BCUT2D eigenvalue weighted by Gasteiger charge is 2.28. The minimum absolute atomic E-state index is 0.0249. The molecule has 0 saturated carbocycles. The van der Waals surface area contributed by atoms with E-state index in [0.29, 0.717) is 37.8 Å². The van der Waals surface area contributed by atoms with Crippen molar-refractivity contribution in [3.05, 3.63) is 64.9 Å². The Morgan fingerprint density at radius 3 is 2.84 bits per heavy atom. The summed E-state index contributed by atoms with van der Waals surface area (Å²) in [5, 5.41) is 7.41. The summed E-state index contributed by atoms with van der Waals surface area (Å²) in [6.45, 7) is 4.01. The van der Waals surface area contributed by atoms with Crippen LogP contribution < -0.4 is 5.32 Å². The Bertz CT molecular complexity index is 1210. The van der Waals surface area contributed by atoms with Gasteiger partial charge in [-0.15, -0.1) is 11.3 Å². The van der Waals surface area contributed by atoms with Crippen LogP contribution in [-0.2, 0) is 11.3 Å². The van der Waals surface area contributed by atoms with Crippen molar-refractivity contribution in [1.82, 2.24) is 20.4 Å². The zero-order valence-electron chi connectivity index (χ0n) is 17.3. The molecular formula is C22H21FN4O3S. The van der Waals surface area contributed by atoms with E-state index in [9.17, 15) is 9.18 Å². The first-order chi connectivity index (χ1) is 15.0. The van der Waals surface area contributed by atoms with Gasteiger partial charge in [-0.2, -0.15) is 4.98 Å². The number of fused-ring (bicyclic) bond motifs is 1. The van der Waals surface area contributed by atoms with Gasteiger partial charge in [-0.25, -0.2) is 4.39 Å². The Labute approximate surface area is 182 Å². The lowest BCUT2D eigenvalue weighted by molar-refractivity contribution is 0.0914. The minimum Gasteiger partial charge on any atom is -0.380 e. The van der Waals surface area contributed by atoms with E-state index in [4.69, 9.17) is 9.26 Å². The highest BCUT2D eigenvalue weighted by atomic mass is 32.1. The number of aromatic nitrogens is 3. The van der Waals surface area contributed by atoms with E-state index in [1.165, 1.54) is 24.5 Å². The second-order valence-electron chi connectivity index (χ2n) is 7.35.